The molecular formula is C17H19NO5. The minimum atomic E-state index is -0.723. The first-order valence-corrected chi connectivity index (χ1v) is 7.40. The van der Waals surface area contributed by atoms with E-state index in [0.29, 0.717) is 31.3 Å². The molecule has 0 unspecified atom stereocenters. The Morgan fingerprint density at radius 1 is 1.09 bits per heavy atom. The zero-order chi connectivity index (χ0) is 16.7. The lowest BCUT2D eigenvalue weighted by Crippen LogP contribution is -2.31. The molecule has 2 rings (SSSR count). The molecule has 0 heterocycles. The van der Waals surface area contributed by atoms with Crippen LogP contribution in [0.1, 0.15) is 31.2 Å². The van der Waals surface area contributed by atoms with Crippen LogP contribution < -0.4 is 5.32 Å². The maximum Gasteiger partial charge on any atom is 0.412 e. The number of benzene rings is 1. The number of methoxy groups -OCH3 is 1. The first-order chi connectivity index (χ1) is 11.1. The Hall–Kier alpha value is -2.63. The third-order valence-electron chi connectivity index (χ3n) is 3.59. The molecule has 6 nitrogen and oxygen atoms in total. The van der Waals surface area contributed by atoms with E-state index in [9.17, 15) is 14.4 Å². The number of Topliss-reactive ketones (excluding diaryl/α,β-unsaturated/α-hetero) is 1. The molecule has 1 aliphatic rings. The standard InChI is InChI=1S/C17H19NO5/c1-22-16(20)15(13-7-9-14(19)10-8-13)18-17(21)23-11-12-5-3-2-4-6-12/h2-6H,7-11H2,1H3,(H,18,21). The Kier molecular flexibility index (Phi) is 5.91. The van der Waals surface area contributed by atoms with E-state index < -0.39 is 12.1 Å². The molecule has 1 aliphatic carbocycles. The molecule has 0 saturated heterocycles. The number of carbonyl (C=O) groups excluding carboxylic acids is 3. The van der Waals surface area contributed by atoms with Gasteiger partial charge in [-0.1, -0.05) is 30.3 Å². The van der Waals surface area contributed by atoms with Gasteiger partial charge in [-0.15, -0.1) is 0 Å². The summed E-state index contributed by atoms with van der Waals surface area (Å²) in [6, 6.07) is 9.22. The van der Waals surface area contributed by atoms with Crippen LogP contribution in [0.2, 0.25) is 0 Å². The van der Waals surface area contributed by atoms with Crippen LogP contribution in [-0.4, -0.2) is 25.0 Å². The lowest BCUT2D eigenvalue weighted by atomic mass is 9.92. The Bertz CT molecular complexity index is 609. The maximum atomic E-state index is 11.9. The summed E-state index contributed by atoms with van der Waals surface area (Å²) >= 11 is 0. The Balaban J connectivity index is 2.00. The van der Waals surface area contributed by atoms with E-state index in [1.54, 1.807) is 0 Å². The zero-order valence-corrected chi connectivity index (χ0v) is 13.0. The number of allylic oxidation sites excluding steroid dienone is 1. The van der Waals surface area contributed by atoms with E-state index >= 15 is 0 Å². The topological polar surface area (TPSA) is 81.7 Å². The minimum Gasteiger partial charge on any atom is -0.464 e. The molecule has 0 radical (unpaired) electrons. The van der Waals surface area contributed by atoms with E-state index in [2.05, 4.69) is 5.32 Å². The summed E-state index contributed by atoms with van der Waals surface area (Å²) in [5.41, 5.74) is 1.64. The van der Waals surface area contributed by atoms with Crippen molar-refractivity contribution in [3.05, 3.63) is 47.2 Å². The average Bonchev–Trinajstić information content (AvgIpc) is 2.59. The highest BCUT2D eigenvalue weighted by Gasteiger charge is 2.23. The first kappa shape index (κ1) is 16.7. The van der Waals surface area contributed by atoms with Crippen molar-refractivity contribution in [3.63, 3.8) is 0 Å². The fourth-order valence-electron chi connectivity index (χ4n) is 2.33. The van der Waals surface area contributed by atoms with Gasteiger partial charge in [0.15, 0.2) is 0 Å². The van der Waals surface area contributed by atoms with Gasteiger partial charge in [-0.05, 0) is 24.0 Å². The van der Waals surface area contributed by atoms with Gasteiger partial charge in [-0.3, -0.25) is 10.1 Å². The molecule has 1 fully saturated rings. The van der Waals surface area contributed by atoms with Crippen molar-refractivity contribution in [1.82, 2.24) is 5.32 Å². The van der Waals surface area contributed by atoms with E-state index in [-0.39, 0.29) is 18.1 Å². The number of rotatable bonds is 4. The van der Waals surface area contributed by atoms with Crippen LogP contribution in [-0.2, 0) is 25.7 Å². The number of hydrogen-bond acceptors (Lipinski definition) is 5. The summed E-state index contributed by atoms with van der Waals surface area (Å²) in [4.78, 5) is 35.1. The molecule has 0 aliphatic heterocycles. The first-order valence-electron chi connectivity index (χ1n) is 7.40. The van der Waals surface area contributed by atoms with Crippen LogP contribution >= 0.6 is 0 Å². The number of ketones is 1. The summed E-state index contributed by atoms with van der Waals surface area (Å²) in [7, 11) is 1.24. The second-order valence-corrected chi connectivity index (χ2v) is 5.20. The highest BCUT2D eigenvalue weighted by atomic mass is 16.6. The number of amides is 1. The quantitative estimate of drug-likeness (QED) is 0.681. The SMILES string of the molecule is COC(=O)C(NC(=O)OCc1ccccc1)=C1CCC(=O)CC1. The van der Waals surface area contributed by atoms with Gasteiger partial charge < -0.3 is 9.47 Å². The largest absolute Gasteiger partial charge is 0.464 e. The molecular weight excluding hydrogens is 298 g/mol. The second kappa shape index (κ2) is 8.12. The second-order valence-electron chi connectivity index (χ2n) is 5.20. The third-order valence-corrected chi connectivity index (χ3v) is 3.59. The number of carbonyl (C=O) groups is 3. The summed E-state index contributed by atoms with van der Waals surface area (Å²) < 4.78 is 9.81. The predicted octanol–water partition coefficient (Wildman–Crippen LogP) is 2.48. The van der Waals surface area contributed by atoms with Gasteiger partial charge in [0.1, 0.15) is 18.1 Å². The number of alkyl carbamates (subject to hydrolysis) is 1. The van der Waals surface area contributed by atoms with E-state index in [1.807, 2.05) is 30.3 Å². The minimum absolute atomic E-state index is 0.0815. The van der Waals surface area contributed by atoms with E-state index in [0.717, 1.165) is 5.56 Å². The number of esters is 1. The Morgan fingerprint density at radius 2 is 1.74 bits per heavy atom. The van der Waals surface area contributed by atoms with Crippen LogP contribution in [0.25, 0.3) is 0 Å². The van der Waals surface area contributed by atoms with E-state index in [1.165, 1.54) is 7.11 Å². The molecule has 122 valence electrons. The van der Waals surface area contributed by atoms with E-state index in [4.69, 9.17) is 9.47 Å². The molecule has 0 atom stereocenters. The van der Waals surface area contributed by atoms with Crippen LogP contribution in [0.3, 0.4) is 0 Å². The third kappa shape index (κ3) is 4.95. The monoisotopic (exact) mass is 317 g/mol. The smallest absolute Gasteiger partial charge is 0.412 e. The zero-order valence-electron chi connectivity index (χ0n) is 13.0. The van der Waals surface area contributed by atoms with Crippen molar-refractivity contribution >= 4 is 17.8 Å². The average molecular weight is 317 g/mol. The van der Waals surface area contributed by atoms with Crippen molar-refractivity contribution < 1.29 is 23.9 Å². The fraction of sp³-hybridized carbons (Fsp3) is 0.353. The molecule has 1 saturated carbocycles. The van der Waals surface area contributed by atoms with Crippen LogP contribution in [0.5, 0.6) is 0 Å². The van der Waals surface area contributed by atoms with Crippen molar-refractivity contribution in [3.8, 4) is 0 Å². The normalized spacial score (nSPS) is 14.1. The Morgan fingerprint density at radius 3 is 2.35 bits per heavy atom. The molecule has 0 aromatic heterocycles. The molecule has 1 aromatic carbocycles. The maximum absolute atomic E-state index is 11.9. The van der Waals surface area contributed by atoms with Gasteiger partial charge in [0.25, 0.3) is 0 Å². The fourth-order valence-corrected chi connectivity index (χ4v) is 2.33. The summed E-state index contributed by atoms with van der Waals surface area (Å²) in [6.45, 7) is 0.106. The van der Waals surface area contributed by atoms with Crippen LogP contribution in [0, 0.1) is 0 Å². The van der Waals surface area contributed by atoms with Crippen LogP contribution in [0.4, 0.5) is 4.79 Å². The predicted molar refractivity (Wildman–Crippen MR) is 82.3 cm³/mol. The molecule has 23 heavy (non-hydrogen) atoms. The molecule has 0 bridgehead atoms. The van der Waals surface area contributed by atoms with Crippen LogP contribution in [0.15, 0.2) is 41.6 Å². The molecule has 1 amide bonds. The molecule has 0 spiro atoms. The van der Waals surface area contributed by atoms with Gasteiger partial charge in [-0.2, -0.15) is 0 Å². The van der Waals surface area contributed by atoms with Gasteiger partial charge >= 0.3 is 12.1 Å². The highest BCUT2D eigenvalue weighted by Crippen LogP contribution is 2.23. The lowest BCUT2D eigenvalue weighted by Gasteiger charge is -2.18. The molecule has 6 heteroatoms. The van der Waals surface area contributed by atoms with Crippen molar-refractivity contribution in [1.29, 1.82) is 0 Å². The summed E-state index contributed by atoms with van der Waals surface area (Å²) in [5, 5.41) is 2.46. The lowest BCUT2D eigenvalue weighted by molar-refractivity contribution is -0.136. The van der Waals surface area contributed by atoms with Gasteiger partial charge in [-0.25, -0.2) is 9.59 Å². The molecule has 1 aromatic rings. The van der Waals surface area contributed by atoms with Crippen molar-refractivity contribution in [2.75, 3.05) is 7.11 Å². The van der Waals surface area contributed by atoms with Gasteiger partial charge in [0.2, 0.25) is 0 Å². The summed E-state index contributed by atoms with van der Waals surface area (Å²) in [6.07, 6.45) is 0.913. The molecule has 1 N–H and O–H groups in total. The number of hydrogen-bond donors (Lipinski definition) is 1. The van der Waals surface area contributed by atoms with Crippen molar-refractivity contribution in [2.24, 2.45) is 0 Å². The van der Waals surface area contributed by atoms with Crippen molar-refractivity contribution in [2.45, 2.75) is 32.3 Å². The van der Waals surface area contributed by atoms with Gasteiger partial charge in [0.05, 0.1) is 7.11 Å². The number of nitrogens with one attached hydrogen (secondary N) is 1. The highest BCUT2D eigenvalue weighted by molar-refractivity contribution is 5.93. The Labute approximate surface area is 134 Å². The summed E-state index contributed by atoms with van der Waals surface area (Å²) in [5.74, 6) is -0.476. The number of ether oxygens (including phenoxy) is 2. The van der Waals surface area contributed by atoms with Gasteiger partial charge in [0, 0.05) is 12.8 Å².